The number of nitrogens with zero attached hydrogens (tertiary/aromatic N) is 1. The summed E-state index contributed by atoms with van der Waals surface area (Å²) >= 11 is 3.38. The highest BCUT2D eigenvalue weighted by molar-refractivity contribution is 9.10. The lowest BCUT2D eigenvalue weighted by atomic mass is 10.1. The first kappa shape index (κ1) is 22.0. The van der Waals surface area contributed by atoms with Crippen LogP contribution in [0, 0.1) is 5.92 Å². The number of aryl methyl sites for hydroxylation is 1. The molecule has 6 nitrogen and oxygen atoms in total. The van der Waals surface area contributed by atoms with Gasteiger partial charge in [-0.3, -0.25) is 9.59 Å². The summed E-state index contributed by atoms with van der Waals surface area (Å²) in [6, 6.07) is 10.9. The fourth-order valence-electron chi connectivity index (χ4n) is 3.79. The Morgan fingerprint density at radius 3 is 2.52 bits per heavy atom. The van der Waals surface area contributed by atoms with E-state index in [1.54, 1.807) is 17.0 Å². The SMILES string of the molecule is CCc1ccc(NC(=O)CCS(=O)(=O)c2cc3c(cc2Br)CCN3C(=O)C2CC2)cc1. The Kier molecular flexibility index (Phi) is 6.21. The third kappa shape index (κ3) is 4.85. The number of hydrogen-bond donors (Lipinski definition) is 1. The van der Waals surface area contributed by atoms with Gasteiger partial charge in [-0.2, -0.15) is 0 Å². The van der Waals surface area contributed by atoms with Gasteiger partial charge in [0.1, 0.15) is 0 Å². The fraction of sp³-hybridized carbons (Fsp3) is 0.391. The van der Waals surface area contributed by atoms with Gasteiger partial charge in [0, 0.05) is 34.7 Å². The smallest absolute Gasteiger partial charge is 0.230 e. The van der Waals surface area contributed by atoms with Crippen LogP contribution in [0.4, 0.5) is 11.4 Å². The number of fused-ring (bicyclic) bond motifs is 1. The van der Waals surface area contributed by atoms with E-state index in [9.17, 15) is 18.0 Å². The van der Waals surface area contributed by atoms with Gasteiger partial charge in [0.15, 0.2) is 9.84 Å². The predicted molar refractivity (Wildman–Crippen MR) is 124 cm³/mol. The molecule has 0 atom stereocenters. The van der Waals surface area contributed by atoms with E-state index in [-0.39, 0.29) is 34.8 Å². The van der Waals surface area contributed by atoms with Crippen LogP contribution in [0.2, 0.25) is 0 Å². The molecular weight excluding hydrogens is 480 g/mol. The van der Waals surface area contributed by atoms with Gasteiger partial charge in [-0.1, -0.05) is 19.1 Å². The Morgan fingerprint density at radius 1 is 1.16 bits per heavy atom. The maximum absolute atomic E-state index is 13.0. The second-order valence-corrected chi connectivity index (χ2v) is 11.0. The largest absolute Gasteiger partial charge is 0.326 e. The topological polar surface area (TPSA) is 83.6 Å². The zero-order valence-corrected chi connectivity index (χ0v) is 19.8. The van der Waals surface area contributed by atoms with Crippen LogP contribution in [0.5, 0.6) is 0 Å². The second-order valence-electron chi connectivity index (χ2n) is 8.09. The van der Waals surface area contributed by atoms with Crippen LogP contribution >= 0.6 is 15.9 Å². The number of anilines is 2. The molecule has 164 valence electrons. The molecule has 31 heavy (non-hydrogen) atoms. The summed E-state index contributed by atoms with van der Waals surface area (Å²) in [5, 5.41) is 2.75. The number of carbonyl (C=O) groups is 2. The highest BCUT2D eigenvalue weighted by Crippen LogP contribution is 2.39. The van der Waals surface area contributed by atoms with Gasteiger partial charge in [-0.05, 0) is 77.0 Å². The van der Waals surface area contributed by atoms with Gasteiger partial charge in [0.2, 0.25) is 11.8 Å². The Morgan fingerprint density at radius 2 is 1.87 bits per heavy atom. The van der Waals surface area contributed by atoms with E-state index in [1.807, 2.05) is 24.3 Å². The van der Waals surface area contributed by atoms with Crippen LogP contribution in [0.3, 0.4) is 0 Å². The molecule has 0 spiro atoms. The van der Waals surface area contributed by atoms with Crippen LogP contribution < -0.4 is 10.2 Å². The number of rotatable bonds is 7. The molecule has 1 saturated carbocycles. The van der Waals surface area contributed by atoms with Gasteiger partial charge in [-0.15, -0.1) is 0 Å². The van der Waals surface area contributed by atoms with E-state index in [0.717, 1.165) is 30.4 Å². The summed E-state index contributed by atoms with van der Waals surface area (Å²) in [6.07, 6.45) is 3.29. The molecule has 1 aliphatic carbocycles. The molecule has 1 N–H and O–H groups in total. The van der Waals surface area contributed by atoms with Gasteiger partial charge < -0.3 is 10.2 Å². The minimum absolute atomic E-state index is 0.0738. The maximum Gasteiger partial charge on any atom is 0.230 e. The molecule has 0 bridgehead atoms. The van der Waals surface area contributed by atoms with Crippen LogP contribution in [0.1, 0.15) is 37.3 Å². The van der Waals surface area contributed by atoms with Crippen LogP contribution in [0.25, 0.3) is 0 Å². The molecular formula is C23H25BrN2O4S. The lowest BCUT2D eigenvalue weighted by molar-refractivity contribution is -0.119. The second kappa shape index (κ2) is 8.74. The molecule has 1 heterocycles. The first-order chi connectivity index (χ1) is 14.8. The van der Waals surface area contributed by atoms with E-state index < -0.39 is 9.84 Å². The Hall–Kier alpha value is -2.19. The van der Waals surface area contributed by atoms with Crippen molar-refractivity contribution in [3.8, 4) is 0 Å². The molecule has 4 rings (SSSR count). The van der Waals surface area contributed by atoms with Crippen LogP contribution in [0.15, 0.2) is 45.8 Å². The molecule has 0 saturated heterocycles. The van der Waals surface area contributed by atoms with Crippen LogP contribution in [-0.4, -0.2) is 32.5 Å². The van der Waals surface area contributed by atoms with Crippen molar-refractivity contribution in [2.45, 2.75) is 43.9 Å². The summed E-state index contributed by atoms with van der Waals surface area (Å²) in [7, 11) is -3.71. The van der Waals surface area contributed by atoms with E-state index in [0.29, 0.717) is 28.8 Å². The maximum atomic E-state index is 13.0. The first-order valence-electron chi connectivity index (χ1n) is 10.5. The molecule has 2 amide bonds. The van der Waals surface area contributed by atoms with E-state index in [1.165, 1.54) is 0 Å². The molecule has 2 aromatic carbocycles. The van der Waals surface area contributed by atoms with Crippen molar-refractivity contribution in [2.75, 3.05) is 22.5 Å². The average molecular weight is 505 g/mol. The molecule has 2 aromatic rings. The number of hydrogen-bond acceptors (Lipinski definition) is 4. The van der Waals surface area contributed by atoms with Gasteiger partial charge in [0.05, 0.1) is 10.6 Å². The van der Waals surface area contributed by atoms with Crippen molar-refractivity contribution < 1.29 is 18.0 Å². The number of nitrogens with one attached hydrogen (secondary N) is 1. The third-order valence-electron chi connectivity index (χ3n) is 5.80. The Bertz CT molecular complexity index is 1130. The zero-order chi connectivity index (χ0) is 22.2. The monoisotopic (exact) mass is 504 g/mol. The number of sulfone groups is 1. The third-order valence-corrected chi connectivity index (χ3v) is 8.47. The average Bonchev–Trinajstić information content (AvgIpc) is 3.52. The minimum atomic E-state index is -3.71. The summed E-state index contributed by atoms with van der Waals surface area (Å²) in [6.45, 7) is 2.64. The Balaban J connectivity index is 1.46. The lowest BCUT2D eigenvalue weighted by Gasteiger charge is -2.18. The lowest BCUT2D eigenvalue weighted by Crippen LogP contribution is -2.30. The fourth-order valence-corrected chi connectivity index (χ4v) is 6.24. The van der Waals surface area contributed by atoms with Gasteiger partial charge in [0.25, 0.3) is 0 Å². The number of benzene rings is 2. The van der Waals surface area contributed by atoms with Crippen molar-refractivity contribution >= 4 is 49.0 Å². The number of amides is 2. The standard InChI is InChI=1S/C23H25BrN2O4S/c1-2-15-3-7-18(8-4-15)25-22(27)10-12-31(29,30)21-14-20-17(13-19(21)24)9-11-26(20)23(28)16-5-6-16/h3-4,7-8,13-14,16H,2,5-6,9-12H2,1H3,(H,25,27). The van der Waals surface area contributed by atoms with E-state index >= 15 is 0 Å². The first-order valence-corrected chi connectivity index (χ1v) is 13.0. The summed E-state index contributed by atoms with van der Waals surface area (Å²) in [5.74, 6) is -0.502. The molecule has 1 aliphatic heterocycles. The normalized spacial score (nSPS) is 15.6. The molecule has 8 heteroatoms. The molecule has 0 radical (unpaired) electrons. The molecule has 0 aromatic heterocycles. The van der Waals surface area contributed by atoms with Gasteiger partial charge >= 0.3 is 0 Å². The number of halogens is 1. The van der Waals surface area contributed by atoms with Crippen molar-refractivity contribution in [2.24, 2.45) is 5.92 Å². The van der Waals surface area contributed by atoms with Crippen molar-refractivity contribution in [3.63, 3.8) is 0 Å². The highest BCUT2D eigenvalue weighted by Gasteiger charge is 2.37. The highest BCUT2D eigenvalue weighted by atomic mass is 79.9. The summed E-state index contributed by atoms with van der Waals surface area (Å²) in [5.41, 5.74) is 3.45. The van der Waals surface area contributed by atoms with E-state index in [4.69, 9.17) is 0 Å². The quantitative estimate of drug-likeness (QED) is 0.614. The Labute approximate surface area is 191 Å². The predicted octanol–water partition coefficient (Wildman–Crippen LogP) is 4.11. The molecule has 1 fully saturated rings. The summed E-state index contributed by atoms with van der Waals surface area (Å²) < 4.78 is 26.5. The van der Waals surface area contributed by atoms with Crippen molar-refractivity contribution in [1.82, 2.24) is 0 Å². The molecule has 0 unspecified atom stereocenters. The van der Waals surface area contributed by atoms with Gasteiger partial charge in [-0.25, -0.2) is 8.42 Å². The van der Waals surface area contributed by atoms with Crippen LogP contribution in [-0.2, 0) is 32.3 Å². The van der Waals surface area contributed by atoms with Crippen molar-refractivity contribution in [1.29, 1.82) is 0 Å². The van der Waals surface area contributed by atoms with Crippen molar-refractivity contribution in [3.05, 3.63) is 52.0 Å². The zero-order valence-electron chi connectivity index (χ0n) is 17.4. The molecule has 2 aliphatic rings. The minimum Gasteiger partial charge on any atom is -0.326 e. The van der Waals surface area contributed by atoms with E-state index in [2.05, 4.69) is 28.2 Å². The number of carbonyl (C=O) groups excluding carboxylic acids is 2. The summed E-state index contributed by atoms with van der Waals surface area (Å²) in [4.78, 5) is 26.7.